The number of hydrogen-bond acceptors (Lipinski definition) is 4. The molecule has 1 fully saturated rings. The van der Waals surface area contributed by atoms with E-state index < -0.39 is 16.1 Å². The first-order chi connectivity index (χ1) is 9.95. The van der Waals surface area contributed by atoms with Crippen molar-refractivity contribution in [1.29, 1.82) is 0 Å². The molecule has 1 aromatic rings. The maximum Gasteiger partial charge on any atom is 0.243 e. The minimum Gasteiger partial charge on any atom is -0.395 e. The molecule has 1 aliphatic heterocycles. The number of aliphatic hydroxyl groups excluding tert-OH is 1. The third-order valence-electron chi connectivity index (χ3n) is 3.56. The maximum absolute atomic E-state index is 12.6. The van der Waals surface area contributed by atoms with Crippen molar-refractivity contribution in [2.24, 2.45) is 5.92 Å². The fourth-order valence-electron chi connectivity index (χ4n) is 2.50. The summed E-state index contributed by atoms with van der Waals surface area (Å²) in [5.74, 6) is 0.533. The third kappa shape index (κ3) is 3.83. The predicted octanol–water partition coefficient (Wildman–Crippen LogP) is 1.27. The number of benzene rings is 1. The number of aliphatic hydroxyl groups is 1. The van der Waals surface area contributed by atoms with Crippen LogP contribution in [0.1, 0.15) is 19.4 Å². The second-order valence-corrected chi connectivity index (χ2v) is 7.66. The molecule has 2 rings (SSSR count). The van der Waals surface area contributed by atoms with Gasteiger partial charge in [0.2, 0.25) is 10.0 Å². The smallest absolute Gasteiger partial charge is 0.243 e. The van der Waals surface area contributed by atoms with Crippen LogP contribution in [0.4, 0.5) is 0 Å². The van der Waals surface area contributed by atoms with Gasteiger partial charge >= 0.3 is 0 Å². The van der Waals surface area contributed by atoms with E-state index in [4.69, 9.17) is 4.74 Å². The molecule has 1 aromatic carbocycles. The van der Waals surface area contributed by atoms with Crippen molar-refractivity contribution in [3.05, 3.63) is 29.8 Å². The highest BCUT2D eigenvalue weighted by Gasteiger charge is 2.33. The molecule has 1 atom stereocenters. The van der Waals surface area contributed by atoms with Gasteiger partial charge in [0.25, 0.3) is 0 Å². The first-order valence-electron chi connectivity index (χ1n) is 7.24. The molecule has 0 saturated carbocycles. The number of rotatable bonds is 5. The fraction of sp³-hybridized carbons (Fsp3) is 0.600. The largest absolute Gasteiger partial charge is 0.395 e. The van der Waals surface area contributed by atoms with Gasteiger partial charge in [0.15, 0.2) is 0 Å². The lowest BCUT2D eigenvalue weighted by molar-refractivity contribution is 0.0109. The van der Waals surface area contributed by atoms with Crippen LogP contribution in [0.15, 0.2) is 29.2 Å². The van der Waals surface area contributed by atoms with Gasteiger partial charge in [-0.15, -0.1) is 0 Å². The molecule has 1 N–H and O–H groups in total. The molecule has 0 aliphatic carbocycles. The van der Waals surface area contributed by atoms with Gasteiger partial charge in [-0.05, 0) is 30.0 Å². The normalized spacial score (nSPS) is 20.9. The topological polar surface area (TPSA) is 66.8 Å². The highest BCUT2D eigenvalue weighted by atomic mass is 32.2. The summed E-state index contributed by atoms with van der Waals surface area (Å²) in [7, 11) is -3.58. The quantitative estimate of drug-likeness (QED) is 0.889. The number of nitrogens with zero attached hydrogens (tertiary/aromatic N) is 1. The van der Waals surface area contributed by atoms with E-state index in [2.05, 4.69) is 13.8 Å². The Morgan fingerprint density at radius 2 is 2.00 bits per heavy atom. The molecular weight excluding hydrogens is 290 g/mol. The predicted molar refractivity (Wildman–Crippen MR) is 80.6 cm³/mol. The number of morpholine rings is 1. The van der Waals surface area contributed by atoms with Crippen molar-refractivity contribution < 1.29 is 18.3 Å². The molecular formula is C15H23NO4S. The van der Waals surface area contributed by atoms with Gasteiger partial charge in [0.1, 0.15) is 0 Å². The molecule has 0 amide bonds. The van der Waals surface area contributed by atoms with Gasteiger partial charge in [0, 0.05) is 6.54 Å². The lowest BCUT2D eigenvalue weighted by Gasteiger charge is -2.33. The van der Waals surface area contributed by atoms with Crippen LogP contribution in [-0.4, -0.2) is 50.2 Å². The minimum atomic E-state index is -3.58. The van der Waals surface area contributed by atoms with E-state index in [0.717, 1.165) is 12.0 Å². The first-order valence-corrected chi connectivity index (χ1v) is 8.68. The van der Waals surface area contributed by atoms with Crippen LogP contribution in [0.25, 0.3) is 0 Å². The maximum atomic E-state index is 12.6. The summed E-state index contributed by atoms with van der Waals surface area (Å²) in [5.41, 5.74) is 1.13. The average Bonchev–Trinajstić information content (AvgIpc) is 2.47. The van der Waals surface area contributed by atoms with E-state index in [1.807, 2.05) is 12.1 Å². The van der Waals surface area contributed by atoms with E-state index in [0.29, 0.717) is 12.5 Å². The minimum absolute atomic E-state index is 0.231. The molecule has 118 valence electrons. The second kappa shape index (κ2) is 6.87. The zero-order valence-corrected chi connectivity index (χ0v) is 13.3. The van der Waals surface area contributed by atoms with Crippen LogP contribution in [0, 0.1) is 5.92 Å². The van der Waals surface area contributed by atoms with E-state index in [1.165, 1.54) is 4.31 Å². The molecule has 0 spiro atoms. The van der Waals surface area contributed by atoms with E-state index in [-0.39, 0.29) is 24.7 Å². The van der Waals surface area contributed by atoms with E-state index in [1.54, 1.807) is 12.1 Å². The Morgan fingerprint density at radius 3 is 2.57 bits per heavy atom. The lowest BCUT2D eigenvalue weighted by atomic mass is 10.0. The van der Waals surface area contributed by atoms with Crippen molar-refractivity contribution in [2.75, 3.05) is 26.4 Å². The van der Waals surface area contributed by atoms with Crippen molar-refractivity contribution in [1.82, 2.24) is 4.31 Å². The molecule has 21 heavy (non-hydrogen) atoms. The number of hydrogen-bond donors (Lipinski definition) is 1. The Labute approximate surface area is 126 Å². The Kier molecular flexibility index (Phi) is 5.37. The summed E-state index contributed by atoms with van der Waals surface area (Å²) in [6.07, 6.45) is 0.928. The van der Waals surface area contributed by atoms with Crippen LogP contribution in [-0.2, 0) is 21.2 Å². The SMILES string of the molecule is CC(C)Cc1ccc(S(=O)(=O)N2CCOCC2CO)cc1. The second-order valence-electron chi connectivity index (χ2n) is 5.77. The summed E-state index contributed by atoms with van der Waals surface area (Å²) < 4.78 is 31.9. The van der Waals surface area contributed by atoms with Crippen LogP contribution < -0.4 is 0 Å². The third-order valence-corrected chi connectivity index (χ3v) is 5.52. The Balaban J connectivity index is 2.22. The Hall–Kier alpha value is -0.950. The van der Waals surface area contributed by atoms with Gasteiger partial charge < -0.3 is 9.84 Å². The summed E-state index contributed by atoms with van der Waals surface area (Å²) in [5, 5.41) is 9.33. The van der Waals surface area contributed by atoms with Crippen LogP contribution in [0.2, 0.25) is 0 Å². The van der Waals surface area contributed by atoms with Crippen molar-refractivity contribution in [3.8, 4) is 0 Å². The van der Waals surface area contributed by atoms with Crippen molar-refractivity contribution in [2.45, 2.75) is 31.2 Å². The molecule has 1 heterocycles. The first kappa shape index (κ1) is 16.4. The summed E-state index contributed by atoms with van der Waals surface area (Å²) in [6, 6.07) is 6.52. The van der Waals surface area contributed by atoms with E-state index >= 15 is 0 Å². The highest BCUT2D eigenvalue weighted by molar-refractivity contribution is 7.89. The molecule has 0 aromatic heterocycles. The van der Waals surface area contributed by atoms with Crippen LogP contribution in [0.3, 0.4) is 0 Å². The monoisotopic (exact) mass is 313 g/mol. The standard InChI is InChI=1S/C15H23NO4S/c1-12(2)9-13-3-5-15(6-4-13)21(18,19)16-7-8-20-11-14(16)10-17/h3-6,12,14,17H,7-11H2,1-2H3. The lowest BCUT2D eigenvalue weighted by Crippen LogP contribution is -2.50. The van der Waals surface area contributed by atoms with Gasteiger partial charge in [-0.2, -0.15) is 4.31 Å². The van der Waals surface area contributed by atoms with Crippen molar-refractivity contribution >= 4 is 10.0 Å². The highest BCUT2D eigenvalue weighted by Crippen LogP contribution is 2.21. The van der Waals surface area contributed by atoms with Crippen molar-refractivity contribution in [3.63, 3.8) is 0 Å². The van der Waals surface area contributed by atoms with Gasteiger partial charge in [-0.3, -0.25) is 0 Å². The zero-order valence-electron chi connectivity index (χ0n) is 12.5. The fourth-order valence-corrected chi connectivity index (χ4v) is 4.09. The zero-order chi connectivity index (χ0) is 15.5. The van der Waals surface area contributed by atoms with Crippen LogP contribution in [0.5, 0.6) is 0 Å². The van der Waals surface area contributed by atoms with E-state index in [9.17, 15) is 13.5 Å². The average molecular weight is 313 g/mol. The van der Waals surface area contributed by atoms with Gasteiger partial charge in [-0.1, -0.05) is 26.0 Å². The Bertz CT molecular complexity index is 554. The summed E-state index contributed by atoms with van der Waals surface area (Å²) >= 11 is 0. The summed E-state index contributed by atoms with van der Waals surface area (Å²) in [6.45, 7) is 4.91. The number of sulfonamides is 1. The molecule has 6 heteroatoms. The molecule has 1 saturated heterocycles. The molecule has 0 radical (unpaired) electrons. The molecule has 5 nitrogen and oxygen atoms in total. The summed E-state index contributed by atoms with van der Waals surface area (Å²) in [4.78, 5) is 0.273. The van der Waals surface area contributed by atoms with Crippen LogP contribution >= 0.6 is 0 Å². The molecule has 1 aliphatic rings. The Morgan fingerprint density at radius 1 is 1.33 bits per heavy atom. The molecule has 1 unspecified atom stereocenters. The van der Waals surface area contributed by atoms with Gasteiger partial charge in [0.05, 0.1) is 30.8 Å². The number of ether oxygens (including phenoxy) is 1. The molecule has 0 bridgehead atoms. The van der Waals surface area contributed by atoms with Gasteiger partial charge in [-0.25, -0.2) is 8.42 Å².